The molecule has 5 nitrogen and oxygen atoms in total. The van der Waals surface area contributed by atoms with E-state index in [4.69, 9.17) is 5.73 Å². The summed E-state index contributed by atoms with van der Waals surface area (Å²) in [5.41, 5.74) is 5.05. The highest BCUT2D eigenvalue weighted by atomic mass is 35.5. The van der Waals surface area contributed by atoms with Crippen LogP contribution in [-0.4, -0.2) is 42.2 Å². The predicted octanol–water partition coefficient (Wildman–Crippen LogP) is 2.87. The number of piperidine rings is 1. The Morgan fingerprint density at radius 2 is 1.62 bits per heavy atom. The van der Waals surface area contributed by atoms with Crippen molar-refractivity contribution in [2.75, 3.05) is 36.0 Å². The van der Waals surface area contributed by atoms with Crippen molar-refractivity contribution in [3.05, 3.63) is 11.8 Å². The van der Waals surface area contributed by atoms with Gasteiger partial charge in [-0.3, -0.25) is 0 Å². The summed E-state index contributed by atoms with van der Waals surface area (Å²) in [6.07, 6.45) is -0.782. The van der Waals surface area contributed by atoms with Gasteiger partial charge >= 0.3 is 6.18 Å². The van der Waals surface area contributed by atoms with Crippen LogP contribution in [0.3, 0.4) is 0 Å². The van der Waals surface area contributed by atoms with Crippen molar-refractivity contribution in [2.45, 2.75) is 37.9 Å². The van der Waals surface area contributed by atoms with Gasteiger partial charge in [0.1, 0.15) is 5.82 Å². The molecule has 1 unspecified atom stereocenters. The van der Waals surface area contributed by atoms with Gasteiger partial charge in [0.25, 0.3) is 0 Å². The van der Waals surface area contributed by atoms with Gasteiger partial charge in [-0.15, -0.1) is 24.8 Å². The molecule has 0 aliphatic carbocycles. The Bertz CT molecular complexity index is 538. The van der Waals surface area contributed by atoms with Gasteiger partial charge in [-0.05, 0) is 25.7 Å². The first kappa shape index (κ1) is 21.1. The van der Waals surface area contributed by atoms with Crippen molar-refractivity contribution >= 4 is 36.6 Å². The monoisotopic (exact) mass is 387 g/mol. The standard InChI is InChI=1S/C14H20F3N5.2ClH/c15-14(16,17)11-8-12(22-7-3-4-10(18)9-22)20-13(19-11)21-5-1-2-6-21;;/h8,10H,1-7,9,18H2;2*1H. The lowest BCUT2D eigenvalue weighted by atomic mass is 10.1. The quantitative estimate of drug-likeness (QED) is 0.845. The van der Waals surface area contributed by atoms with Crippen LogP contribution in [0, 0.1) is 0 Å². The van der Waals surface area contributed by atoms with Gasteiger partial charge < -0.3 is 15.5 Å². The first-order valence-corrected chi connectivity index (χ1v) is 7.65. The maximum Gasteiger partial charge on any atom is 0.433 e. The third kappa shape index (κ3) is 4.77. The molecule has 2 saturated heterocycles. The zero-order valence-corrected chi connectivity index (χ0v) is 14.8. The fourth-order valence-electron chi connectivity index (χ4n) is 3.01. The second-order valence-corrected chi connectivity index (χ2v) is 5.95. The van der Waals surface area contributed by atoms with E-state index in [2.05, 4.69) is 9.97 Å². The van der Waals surface area contributed by atoms with E-state index in [-0.39, 0.29) is 36.8 Å². The fraction of sp³-hybridized carbons (Fsp3) is 0.714. The third-order valence-electron chi connectivity index (χ3n) is 4.16. The Labute approximate surface area is 151 Å². The fourth-order valence-corrected chi connectivity index (χ4v) is 3.01. The van der Waals surface area contributed by atoms with E-state index in [0.717, 1.165) is 31.7 Å². The van der Waals surface area contributed by atoms with Crippen molar-refractivity contribution in [1.82, 2.24) is 9.97 Å². The summed E-state index contributed by atoms with van der Waals surface area (Å²) in [5, 5.41) is 0. The molecule has 2 aliphatic rings. The zero-order chi connectivity index (χ0) is 15.7. The number of nitrogens with two attached hydrogens (primary N) is 1. The summed E-state index contributed by atoms with van der Waals surface area (Å²) in [4.78, 5) is 11.8. The van der Waals surface area contributed by atoms with Crippen LogP contribution in [-0.2, 0) is 6.18 Å². The van der Waals surface area contributed by atoms with Gasteiger partial charge in [0.05, 0.1) is 0 Å². The van der Waals surface area contributed by atoms with E-state index in [1.165, 1.54) is 0 Å². The van der Waals surface area contributed by atoms with E-state index in [1.54, 1.807) is 0 Å². The van der Waals surface area contributed by atoms with Gasteiger partial charge in [-0.25, -0.2) is 4.98 Å². The topological polar surface area (TPSA) is 58.3 Å². The Morgan fingerprint density at radius 1 is 1.00 bits per heavy atom. The molecule has 1 aromatic rings. The van der Waals surface area contributed by atoms with Crippen LogP contribution in [0.25, 0.3) is 0 Å². The zero-order valence-electron chi connectivity index (χ0n) is 13.1. The minimum absolute atomic E-state index is 0. The number of aromatic nitrogens is 2. The van der Waals surface area contributed by atoms with E-state index < -0.39 is 11.9 Å². The van der Waals surface area contributed by atoms with Crippen LogP contribution in [0.1, 0.15) is 31.4 Å². The number of hydrogen-bond donors (Lipinski definition) is 1. The number of hydrogen-bond acceptors (Lipinski definition) is 5. The second-order valence-electron chi connectivity index (χ2n) is 5.95. The molecule has 0 amide bonds. The molecule has 3 heterocycles. The van der Waals surface area contributed by atoms with Gasteiger partial charge in [-0.1, -0.05) is 0 Å². The number of anilines is 2. The summed E-state index contributed by atoms with van der Waals surface area (Å²) in [7, 11) is 0. The highest BCUT2D eigenvalue weighted by molar-refractivity contribution is 5.85. The molecular weight excluding hydrogens is 366 g/mol. The summed E-state index contributed by atoms with van der Waals surface area (Å²) in [6, 6.07) is 1.02. The molecule has 0 aromatic carbocycles. The van der Waals surface area contributed by atoms with Crippen molar-refractivity contribution in [3.63, 3.8) is 0 Å². The minimum atomic E-state index is -4.47. The lowest BCUT2D eigenvalue weighted by Crippen LogP contribution is -2.43. The predicted molar refractivity (Wildman–Crippen MR) is 92.4 cm³/mol. The molecule has 3 rings (SSSR count). The molecule has 2 fully saturated rings. The van der Waals surface area contributed by atoms with E-state index in [0.29, 0.717) is 32.0 Å². The lowest BCUT2D eigenvalue weighted by Gasteiger charge is -2.32. The van der Waals surface area contributed by atoms with E-state index >= 15 is 0 Å². The Kier molecular flexibility index (Phi) is 7.37. The number of halogens is 5. The second kappa shape index (κ2) is 8.40. The van der Waals surface area contributed by atoms with Gasteiger partial charge in [0, 0.05) is 38.3 Å². The molecule has 1 atom stereocenters. The molecule has 0 saturated carbocycles. The number of rotatable bonds is 2. The normalized spacial score (nSPS) is 21.2. The molecule has 0 radical (unpaired) electrons. The van der Waals surface area contributed by atoms with Crippen molar-refractivity contribution < 1.29 is 13.2 Å². The van der Waals surface area contributed by atoms with Gasteiger partial charge in [0.2, 0.25) is 5.95 Å². The summed E-state index contributed by atoms with van der Waals surface area (Å²) in [5.74, 6) is 0.515. The van der Waals surface area contributed by atoms with Crippen LogP contribution in [0.4, 0.5) is 24.9 Å². The third-order valence-corrected chi connectivity index (χ3v) is 4.16. The molecule has 10 heteroatoms. The van der Waals surface area contributed by atoms with Crippen LogP contribution < -0.4 is 15.5 Å². The summed E-state index contributed by atoms with van der Waals surface area (Å²) in [6.45, 7) is 2.63. The molecule has 24 heavy (non-hydrogen) atoms. The van der Waals surface area contributed by atoms with Crippen molar-refractivity contribution in [2.24, 2.45) is 5.73 Å². The van der Waals surface area contributed by atoms with Crippen LogP contribution in [0.5, 0.6) is 0 Å². The van der Waals surface area contributed by atoms with Crippen molar-refractivity contribution in [1.29, 1.82) is 0 Å². The summed E-state index contributed by atoms with van der Waals surface area (Å²) < 4.78 is 39.4. The first-order chi connectivity index (χ1) is 10.4. The molecular formula is C14H22Cl2F3N5. The maximum atomic E-state index is 13.1. The average Bonchev–Trinajstić information content (AvgIpc) is 3.00. The smallest absolute Gasteiger partial charge is 0.355 e. The highest BCUT2D eigenvalue weighted by Gasteiger charge is 2.35. The first-order valence-electron chi connectivity index (χ1n) is 7.65. The molecule has 2 aliphatic heterocycles. The van der Waals surface area contributed by atoms with Crippen molar-refractivity contribution in [3.8, 4) is 0 Å². The SMILES string of the molecule is Cl.Cl.NC1CCCN(c2cc(C(F)(F)F)nc(N3CCCC3)n2)C1. The highest BCUT2D eigenvalue weighted by Crippen LogP contribution is 2.32. The summed E-state index contributed by atoms with van der Waals surface area (Å²) >= 11 is 0. The Hall–Kier alpha value is -0.990. The lowest BCUT2D eigenvalue weighted by molar-refractivity contribution is -0.141. The largest absolute Gasteiger partial charge is 0.433 e. The Balaban J connectivity index is 0.00000144. The number of alkyl halides is 3. The molecule has 138 valence electrons. The maximum absolute atomic E-state index is 13.1. The van der Waals surface area contributed by atoms with Gasteiger partial charge in [-0.2, -0.15) is 18.2 Å². The number of nitrogens with zero attached hydrogens (tertiary/aromatic N) is 4. The molecule has 0 bridgehead atoms. The average molecular weight is 388 g/mol. The molecule has 0 spiro atoms. The molecule has 1 aromatic heterocycles. The van der Waals surface area contributed by atoms with Crippen LogP contribution >= 0.6 is 24.8 Å². The molecule has 2 N–H and O–H groups in total. The van der Waals surface area contributed by atoms with Gasteiger partial charge in [0.15, 0.2) is 5.69 Å². The van der Waals surface area contributed by atoms with Crippen LogP contribution in [0.15, 0.2) is 6.07 Å². The van der Waals surface area contributed by atoms with E-state index in [1.807, 2.05) is 9.80 Å². The van der Waals surface area contributed by atoms with Crippen LogP contribution in [0.2, 0.25) is 0 Å². The minimum Gasteiger partial charge on any atom is -0.355 e. The Morgan fingerprint density at radius 3 is 2.21 bits per heavy atom. The van der Waals surface area contributed by atoms with E-state index in [9.17, 15) is 13.2 Å².